The van der Waals surface area contributed by atoms with Crippen molar-refractivity contribution in [1.82, 2.24) is 4.90 Å². The fourth-order valence-corrected chi connectivity index (χ4v) is 7.10. The monoisotopic (exact) mass is 824 g/mol. The number of hydrogen-bond acceptors (Lipinski definition) is 9. The smallest absolute Gasteiger partial charge is 0.549 e. The molecule has 0 N–H and O–H groups in total. The minimum Gasteiger partial charge on any atom is -0.549 e. The first-order valence-corrected chi connectivity index (χ1v) is 20.2. The Morgan fingerprint density at radius 3 is 1.27 bits per heavy atom. The van der Waals surface area contributed by atoms with Gasteiger partial charge in [-0.25, -0.2) is 16.8 Å². The molecule has 0 saturated heterocycles. The van der Waals surface area contributed by atoms with Crippen molar-refractivity contribution < 1.29 is 97.0 Å². The molecule has 51 heavy (non-hydrogen) atoms. The third kappa shape index (κ3) is 42.2. The summed E-state index contributed by atoms with van der Waals surface area (Å²) in [5.74, 6) is -5.56. The Morgan fingerprint density at radius 2 is 1.00 bits per heavy atom. The molecule has 0 aliphatic heterocycles. The maximum absolute atomic E-state index is 12.3. The van der Waals surface area contributed by atoms with E-state index in [-0.39, 0.29) is 96.7 Å². The van der Waals surface area contributed by atoms with Gasteiger partial charge in [0.15, 0.2) is 0 Å². The number of carbonyl (C=O) groups is 2. The van der Waals surface area contributed by atoms with Gasteiger partial charge in [-0.15, -0.1) is 11.6 Å². The predicted octanol–water partition coefficient (Wildman–Crippen LogP) is 1.10. The molecule has 10 nitrogen and oxygen atoms in total. The Morgan fingerprint density at radius 1 is 0.686 bits per heavy atom. The number of hydrogen-bond donors (Lipinski definition) is 0. The Balaban J connectivity index is -0.000000238. The topological polar surface area (TPSA) is 152 Å². The number of likely N-dealkylation sites (N-methyl/N-ethyl adjacent to an activating group) is 1. The standard InChI is InChI=1S/C15H28F3NO4S.C13H26F3NO2S.C2H3ClO2.CH4.Na/c1-13(15(16,17)18)8-4-6-10-24(22,23)11-7-5-9-19(2,3)12-14(20)21;1-12(13(14,15)16)8-4-6-10-20(18,19)11-7-5-9-17(2)3;3-1-2(4)5;;/h13H,4-12H2,1-3H3;12H,4-11H2,1-3H3;1H2,(H,4,5);1H4;/q;;;;+1/p-1. The van der Waals surface area contributed by atoms with Crippen LogP contribution in [0.5, 0.6) is 0 Å². The number of unbranched alkanes of at least 4 members (excludes halogenated alkanes) is 4. The molecule has 0 aliphatic rings. The second-order valence-electron chi connectivity index (χ2n) is 13.1. The number of sulfone groups is 2. The molecule has 2 atom stereocenters. The molecule has 0 spiro atoms. The predicted molar refractivity (Wildman–Crippen MR) is 182 cm³/mol. The fraction of sp³-hybridized carbons (Fsp3) is 0.935. The van der Waals surface area contributed by atoms with Crippen molar-refractivity contribution in [2.45, 2.75) is 97.8 Å². The number of halogens is 7. The Labute approximate surface area is 329 Å². The zero-order valence-electron chi connectivity index (χ0n) is 30.5. The van der Waals surface area contributed by atoms with Gasteiger partial charge < -0.3 is 29.2 Å². The second-order valence-corrected chi connectivity index (χ2v) is 18.0. The van der Waals surface area contributed by atoms with Crippen LogP contribution in [0.25, 0.3) is 0 Å². The van der Waals surface area contributed by atoms with E-state index in [0.29, 0.717) is 38.6 Å². The summed E-state index contributed by atoms with van der Waals surface area (Å²) >= 11 is 4.67. The maximum atomic E-state index is 12.3. The van der Waals surface area contributed by atoms with E-state index in [0.717, 1.165) is 26.8 Å². The van der Waals surface area contributed by atoms with Crippen molar-refractivity contribution in [2.24, 2.45) is 11.8 Å². The summed E-state index contributed by atoms with van der Waals surface area (Å²) in [4.78, 5) is 21.7. The average Bonchev–Trinajstić information content (AvgIpc) is 2.92. The summed E-state index contributed by atoms with van der Waals surface area (Å²) in [6.45, 7) is 3.46. The van der Waals surface area contributed by atoms with Crippen LogP contribution in [0.3, 0.4) is 0 Å². The zero-order chi connectivity index (χ0) is 39.1. The van der Waals surface area contributed by atoms with Gasteiger partial charge in [0.2, 0.25) is 0 Å². The first kappa shape index (κ1) is 59.9. The number of carbonyl (C=O) groups excluding carboxylic acids is 2. The van der Waals surface area contributed by atoms with E-state index in [1.807, 2.05) is 19.0 Å². The SMILES string of the molecule is C.CC(CCCCS(=O)(=O)CCCCN(C)C)C(F)(F)F.CC(CCCCS(=O)(=O)CCCC[N+](C)(C)CC(=O)[O-])C(F)(F)F.O=C([O-])CCl.[Na+]. The van der Waals surface area contributed by atoms with Crippen molar-refractivity contribution in [3.05, 3.63) is 0 Å². The fourth-order valence-electron chi connectivity index (χ4n) is 4.12. The van der Waals surface area contributed by atoms with Crippen LogP contribution in [0.15, 0.2) is 0 Å². The first-order valence-electron chi connectivity index (χ1n) is 16.0. The average molecular weight is 825 g/mol. The van der Waals surface area contributed by atoms with Crippen molar-refractivity contribution in [2.75, 3.05) is 76.7 Å². The Hall–Kier alpha value is -0.370. The number of aliphatic carboxylic acids is 2. The Bertz CT molecular complexity index is 1130. The number of carboxylic acids is 2. The number of quaternary nitrogens is 1. The molecule has 304 valence electrons. The summed E-state index contributed by atoms with van der Waals surface area (Å²) in [6, 6.07) is 0. The number of nitrogens with zero attached hydrogens (tertiary/aromatic N) is 2. The van der Waals surface area contributed by atoms with Crippen LogP contribution in [0, 0.1) is 11.8 Å². The van der Waals surface area contributed by atoms with E-state index in [1.54, 1.807) is 14.1 Å². The van der Waals surface area contributed by atoms with Crippen LogP contribution < -0.4 is 39.8 Å². The molecule has 0 saturated carbocycles. The molecule has 20 heteroatoms. The third-order valence-corrected chi connectivity index (χ3v) is 11.1. The van der Waals surface area contributed by atoms with Crippen LogP contribution in [-0.2, 0) is 29.3 Å². The molecular weight excluding hydrogens is 765 g/mol. The van der Waals surface area contributed by atoms with Gasteiger partial charge in [-0.2, -0.15) is 26.3 Å². The second kappa shape index (κ2) is 29.9. The van der Waals surface area contributed by atoms with Crippen LogP contribution >= 0.6 is 11.6 Å². The quantitative estimate of drug-likeness (QED) is 0.0486. The minimum atomic E-state index is -4.23. The summed E-state index contributed by atoms with van der Waals surface area (Å²) in [5.41, 5.74) is 0. The van der Waals surface area contributed by atoms with E-state index in [9.17, 15) is 53.1 Å². The zero-order valence-corrected chi connectivity index (χ0v) is 34.9. The van der Waals surface area contributed by atoms with Gasteiger partial charge >= 0.3 is 41.9 Å². The summed E-state index contributed by atoms with van der Waals surface area (Å²) in [7, 11) is 0.925. The Kier molecular flexibility index (Phi) is 35.1. The van der Waals surface area contributed by atoms with Gasteiger partial charge in [0.05, 0.1) is 73.3 Å². The van der Waals surface area contributed by atoms with Crippen molar-refractivity contribution >= 4 is 43.2 Å². The van der Waals surface area contributed by atoms with E-state index >= 15 is 0 Å². The van der Waals surface area contributed by atoms with E-state index in [2.05, 4.69) is 11.6 Å². The van der Waals surface area contributed by atoms with Crippen LogP contribution in [0.1, 0.15) is 85.5 Å². The van der Waals surface area contributed by atoms with E-state index < -0.39 is 61.7 Å². The van der Waals surface area contributed by atoms with E-state index in [1.165, 1.54) is 0 Å². The number of rotatable bonds is 23. The van der Waals surface area contributed by atoms with Gasteiger partial charge in [-0.05, 0) is 72.0 Å². The molecule has 0 heterocycles. The van der Waals surface area contributed by atoms with Crippen molar-refractivity contribution in [1.29, 1.82) is 0 Å². The van der Waals surface area contributed by atoms with Crippen LogP contribution in [0.4, 0.5) is 26.3 Å². The molecule has 2 unspecified atom stereocenters. The first-order chi connectivity index (χ1) is 22.1. The number of carboxylic acid groups (broad SMARTS) is 2. The normalized spacial score (nSPS) is 13.4. The molecule has 0 aromatic heterocycles. The maximum Gasteiger partial charge on any atom is 1.00 e. The third-order valence-electron chi connectivity index (χ3n) is 7.25. The minimum absolute atomic E-state index is 0. The molecule has 0 aliphatic carbocycles. The summed E-state index contributed by atoms with van der Waals surface area (Å²) in [6.07, 6.45) is -4.98. The van der Waals surface area contributed by atoms with Crippen LogP contribution in [0.2, 0.25) is 0 Å². The molecule has 0 aromatic carbocycles. The van der Waals surface area contributed by atoms with Crippen molar-refractivity contribution in [3.63, 3.8) is 0 Å². The summed E-state index contributed by atoms with van der Waals surface area (Å²) in [5, 5.41) is 19.7. The van der Waals surface area contributed by atoms with E-state index in [4.69, 9.17) is 9.90 Å². The molecule has 0 fully saturated rings. The molecule has 0 radical (unpaired) electrons. The van der Waals surface area contributed by atoms with Gasteiger partial charge in [0, 0.05) is 0 Å². The van der Waals surface area contributed by atoms with Gasteiger partial charge in [0.25, 0.3) is 0 Å². The van der Waals surface area contributed by atoms with Crippen molar-refractivity contribution in [3.8, 4) is 0 Å². The molecule has 0 rings (SSSR count). The molecule has 0 aromatic rings. The largest absolute Gasteiger partial charge is 1.00 e. The van der Waals surface area contributed by atoms with Gasteiger partial charge in [-0.3, -0.25) is 0 Å². The van der Waals surface area contributed by atoms with Crippen LogP contribution in [-0.4, -0.2) is 127 Å². The van der Waals surface area contributed by atoms with Gasteiger partial charge in [-0.1, -0.05) is 34.1 Å². The molecular formula is C31H60ClF6N2NaO8S2. The number of alkyl halides is 7. The molecule has 0 bridgehead atoms. The van der Waals surface area contributed by atoms with Gasteiger partial charge in [0.1, 0.15) is 26.2 Å². The summed E-state index contributed by atoms with van der Waals surface area (Å²) < 4.78 is 121. The molecule has 0 amide bonds.